The molecule has 512 valence electrons. The van der Waals surface area contributed by atoms with E-state index in [0.717, 1.165) is 38.5 Å². The highest BCUT2D eigenvalue weighted by atomic mass is 16.5. The number of carbonyl (C=O) groups excluding carboxylic acids is 2. The Morgan fingerprint density at radius 3 is 0.791 bits per heavy atom. The van der Waals surface area contributed by atoms with E-state index in [2.05, 4.69) is 19.2 Å². The first kappa shape index (κ1) is 84.6. The smallest absolute Gasteiger partial charge is 0.305 e. The van der Waals surface area contributed by atoms with Crippen LogP contribution in [0.25, 0.3) is 0 Å². The first-order chi connectivity index (χ1) is 42.5. The Morgan fingerprint density at radius 1 is 0.314 bits per heavy atom. The number of carbonyl (C=O) groups is 2. The predicted molar refractivity (Wildman–Crippen MR) is 380 cm³/mol. The zero-order valence-corrected chi connectivity index (χ0v) is 58.8. The molecule has 0 rings (SSSR count). The highest BCUT2D eigenvalue weighted by Crippen LogP contribution is 2.20. The van der Waals surface area contributed by atoms with Crippen molar-refractivity contribution in [1.82, 2.24) is 5.32 Å². The Hall–Kier alpha value is -1.40. The Bertz CT molecular complexity index is 1300. The van der Waals surface area contributed by atoms with Crippen LogP contribution >= 0.6 is 0 Å². The van der Waals surface area contributed by atoms with Gasteiger partial charge in [-0.05, 0) is 32.1 Å². The summed E-state index contributed by atoms with van der Waals surface area (Å²) < 4.78 is 5.52. The third kappa shape index (κ3) is 71.7. The molecule has 0 aliphatic heterocycles. The lowest BCUT2D eigenvalue weighted by atomic mass is 10.0. The zero-order chi connectivity index (χ0) is 62.0. The lowest BCUT2D eigenvalue weighted by molar-refractivity contribution is -0.143. The monoisotopic (exact) mass is 1210 g/mol. The van der Waals surface area contributed by atoms with Crippen molar-refractivity contribution < 1.29 is 24.5 Å². The minimum Gasteiger partial charge on any atom is -0.466 e. The lowest BCUT2D eigenvalue weighted by Crippen LogP contribution is -2.45. The molecule has 0 aliphatic rings. The molecule has 0 aliphatic carbocycles. The Kier molecular flexibility index (Phi) is 74.8. The zero-order valence-electron chi connectivity index (χ0n) is 58.8. The van der Waals surface area contributed by atoms with Crippen molar-refractivity contribution >= 4 is 11.9 Å². The van der Waals surface area contributed by atoms with Gasteiger partial charge in [-0.25, -0.2) is 0 Å². The molecule has 0 aromatic carbocycles. The standard InChI is InChI=1S/C80H157NO5/c1-3-5-7-9-11-13-15-17-19-21-37-42-46-50-54-58-62-66-70-74-80(85)86-75-71-67-63-59-55-51-47-43-39-36-34-32-30-28-26-24-22-23-25-27-29-31-33-35-38-41-45-49-53-57-61-65-69-73-79(84)81-77(76-82)78(83)72-68-64-60-56-52-48-44-40-20-18-16-14-12-10-8-6-4-2/h68,72,77-78,82-83H,3-67,69-71,73-76H2,1-2H3,(H,81,84)/b72-68+. The summed E-state index contributed by atoms with van der Waals surface area (Å²) in [7, 11) is 0. The number of hydrogen-bond acceptors (Lipinski definition) is 5. The molecule has 0 saturated carbocycles. The predicted octanol–water partition coefficient (Wildman–Crippen LogP) is 26.3. The van der Waals surface area contributed by atoms with E-state index in [1.807, 2.05) is 6.08 Å². The van der Waals surface area contributed by atoms with Gasteiger partial charge in [0.05, 0.1) is 25.4 Å². The van der Waals surface area contributed by atoms with Crippen LogP contribution < -0.4 is 5.32 Å². The Labute approximate surface area is 539 Å². The molecule has 0 fully saturated rings. The summed E-state index contributed by atoms with van der Waals surface area (Å²) in [6, 6.07) is -0.624. The van der Waals surface area contributed by atoms with Crippen molar-refractivity contribution in [2.24, 2.45) is 0 Å². The highest BCUT2D eigenvalue weighted by molar-refractivity contribution is 5.76. The van der Waals surface area contributed by atoms with Crippen molar-refractivity contribution in [3.63, 3.8) is 0 Å². The van der Waals surface area contributed by atoms with E-state index in [4.69, 9.17) is 4.74 Å². The fourth-order valence-corrected chi connectivity index (χ4v) is 13.0. The highest BCUT2D eigenvalue weighted by Gasteiger charge is 2.18. The van der Waals surface area contributed by atoms with Gasteiger partial charge in [0.25, 0.3) is 0 Å². The number of nitrogens with one attached hydrogen (secondary N) is 1. The average molecular weight is 1210 g/mol. The van der Waals surface area contributed by atoms with Crippen LogP contribution in [-0.2, 0) is 14.3 Å². The third-order valence-corrected chi connectivity index (χ3v) is 19.1. The second-order valence-electron chi connectivity index (χ2n) is 27.8. The minimum absolute atomic E-state index is 0.0275. The normalized spacial score (nSPS) is 12.5. The van der Waals surface area contributed by atoms with Crippen LogP contribution in [0, 0.1) is 0 Å². The quantitative estimate of drug-likeness (QED) is 0.0320. The van der Waals surface area contributed by atoms with Crippen molar-refractivity contribution in [2.45, 2.75) is 475 Å². The molecule has 0 saturated heterocycles. The Balaban J connectivity index is 3.31. The van der Waals surface area contributed by atoms with Gasteiger partial charge < -0.3 is 20.3 Å². The first-order valence-corrected chi connectivity index (χ1v) is 40.0. The molecule has 0 aromatic rings. The van der Waals surface area contributed by atoms with Gasteiger partial charge in [0, 0.05) is 12.8 Å². The number of unbranched alkanes of at least 4 members (excludes halogenated alkanes) is 65. The van der Waals surface area contributed by atoms with Gasteiger partial charge in [-0.1, -0.05) is 431 Å². The number of amides is 1. The van der Waals surface area contributed by atoms with Crippen molar-refractivity contribution in [1.29, 1.82) is 0 Å². The lowest BCUT2D eigenvalue weighted by Gasteiger charge is -2.20. The molecule has 6 heteroatoms. The number of aliphatic hydroxyl groups is 2. The minimum atomic E-state index is -0.841. The molecular weight excluding hydrogens is 1050 g/mol. The molecule has 86 heavy (non-hydrogen) atoms. The molecular formula is C80H157NO5. The number of aliphatic hydroxyl groups excluding tert-OH is 2. The summed E-state index contributed by atoms with van der Waals surface area (Å²) in [4.78, 5) is 24.7. The summed E-state index contributed by atoms with van der Waals surface area (Å²) in [6.45, 7) is 4.97. The average Bonchev–Trinajstić information content (AvgIpc) is 3.54. The Morgan fingerprint density at radius 2 is 0.535 bits per heavy atom. The van der Waals surface area contributed by atoms with Gasteiger partial charge in [0.2, 0.25) is 5.91 Å². The van der Waals surface area contributed by atoms with Gasteiger partial charge in [-0.3, -0.25) is 9.59 Å². The SMILES string of the molecule is CCCCCCCCCCCCCCCCC/C=C/C(O)C(CO)NC(=O)CCCCCCCCCCCCCCCCCCCCCCCCCCCCCCCCCCCOC(=O)CCCCCCCCCCCCCCCCCCCCC. The number of hydrogen-bond donors (Lipinski definition) is 3. The van der Waals surface area contributed by atoms with Gasteiger partial charge in [-0.15, -0.1) is 0 Å². The van der Waals surface area contributed by atoms with E-state index >= 15 is 0 Å². The largest absolute Gasteiger partial charge is 0.466 e. The molecule has 3 N–H and O–H groups in total. The topological polar surface area (TPSA) is 95.9 Å². The van der Waals surface area contributed by atoms with E-state index in [0.29, 0.717) is 19.4 Å². The summed E-state index contributed by atoms with van der Waals surface area (Å²) in [5, 5.41) is 23.2. The van der Waals surface area contributed by atoms with Crippen LogP contribution in [0.5, 0.6) is 0 Å². The van der Waals surface area contributed by atoms with Crippen LogP contribution in [-0.4, -0.2) is 47.4 Å². The molecule has 0 heterocycles. The molecule has 2 unspecified atom stereocenters. The maximum Gasteiger partial charge on any atom is 0.305 e. The van der Waals surface area contributed by atoms with E-state index in [1.54, 1.807) is 6.08 Å². The second kappa shape index (κ2) is 76.1. The van der Waals surface area contributed by atoms with E-state index in [1.165, 1.54) is 398 Å². The van der Waals surface area contributed by atoms with E-state index in [9.17, 15) is 19.8 Å². The maximum atomic E-state index is 12.5. The summed E-state index contributed by atoms with van der Waals surface area (Å²) in [5.74, 6) is -0.0314. The van der Waals surface area contributed by atoms with Gasteiger partial charge in [-0.2, -0.15) is 0 Å². The van der Waals surface area contributed by atoms with Crippen molar-refractivity contribution in [3.05, 3.63) is 12.2 Å². The van der Waals surface area contributed by atoms with E-state index in [-0.39, 0.29) is 18.5 Å². The van der Waals surface area contributed by atoms with E-state index < -0.39 is 12.1 Å². The summed E-state index contributed by atoms with van der Waals surface area (Å²) >= 11 is 0. The third-order valence-electron chi connectivity index (χ3n) is 19.1. The molecule has 0 aromatic heterocycles. The van der Waals surface area contributed by atoms with Crippen LogP contribution in [0.15, 0.2) is 12.2 Å². The first-order valence-electron chi connectivity index (χ1n) is 40.0. The van der Waals surface area contributed by atoms with Crippen molar-refractivity contribution in [2.75, 3.05) is 13.2 Å². The van der Waals surface area contributed by atoms with Crippen LogP contribution in [0.4, 0.5) is 0 Å². The number of ether oxygens (including phenoxy) is 1. The molecule has 2 atom stereocenters. The van der Waals surface area contributed by atoms with Crippen LogP contribution in [0.1, 0.15) is 463 Å². The second-order valence-corrected chi connectivity index (χ2v) is 27.8. The van der Waals surface area contributed by atoms with Gasteiger partial charge in [0.15, 0.2) is 0 Å². The fraction of sp³-hybridized carbons (Fsp3) is 0.950. The summed E-state index contributed by atoms with van der Waals surface area (Å²) in [5.41, 5.74) is 0. The molecule has 1 amide bonds. The molecule has 0 spiro atoms. The number of rotatable bonds is 76. The van der Waals surface area contributed by atoms with Gasteiger partial charge in [0.1, 0.15) is 0 Å². The fourth-order valence-electron chi connectivity index (χ4n) is 13.0. The molecule has 6 nitrogen and oxygen atoms in total. The molecule has 0 bridgehead atoms. The summed E-state index contributed by atoms with van der Waals surface area (Å²) in [6.07, 6.45) is 96.3. The maximum absolute atomic E-state index is 12.5. The number of allylic oxidation sites excluding steroid dienone is 1. The van der Waals surface area contributed by atoms with Gasteiger partial charge >= 0.3 is 5.97 Å². The van der Waals surface area contributed by atoms with Crippen LogP contribution in [0.3, 0.4) is 0 Å². The molecule has 0 radical (unpaired) electrons. The van der Waals surface area contributed by atoms with Crippen molar-refractivity contribution in [3.8, 4) is 0 Å². The number of esters is 1. The van der Waals surface area contributed by atoms with Crippen LogP contribution in [0.2, 0.25) is 0 Å².